The largest absolute Gasteiger partial charge is 0.493 e. The van der Waals surface area contributed by atoms with E-state index in [0.29, 0.717) is 43.5 Å². The molecule has 1 fully saturated rings. The molecule has 34 heavy (non-hydrogen) atoms. The molecule has 1 saturated heterocycles. The summed E-state index contributed by atoms with van der Waals surface area (Å²) < 4.78 is 10.6. The van der Waals surface area contributed by atoms with Crippen molar-refractivity contribution in [2.75, 3.05) is 50.6 Å². The van der Waals surface area contributed by atoms with E-state index >= 15 is 0 Å². The summed E-state index contributed by atoms with van der Waals surface area (Å²) in [5.41, 5.74) is 1.99. The van der Waals surface area contributed by atoms with Crippen LogP contribution >= 0.6 is 0 Å². The summed E-state index contributed by atoms with van der Waals surface area (Å²) in [5, 5.41) is 3.22. The average Bonchev–Trinajstić information content (AvgIpc) is 2.87. The van der Waals surface area contributed by atoms with E-state index in [1.165, 1.54) is 6.33 Å². The minimum atomic E-state index is -0.0231. The standard InChI is InChI=1S/C25H28N6O3/c1-18-8-9-26-22(14-18)29-23-16-24(28-17-27-23)30-10-12-31(13-11-30)25(32)7-5-19-4-6-20(33-2)21(15-19)34-3/h4-9,14-17H,10-13H2,1-3H3,(H,26,27,28,29)/b7-5+. The summed E-state index contributed by atoms with van der Waals surface area (Å²) in [7, 11) is 3.18. The number of hydrogen-bond donors (Lipinski definition) is 1. The van der Waals surface area contributed by atoms with Crippen molar-refractivity contribution < 1.29 is 14.3 Å². The molecule has 1 aliphatic heterocycles. The average molecular weight is 461 g/mol. The van der Waals surface area contributed by atoms with E-state index in [1.807, 2.05) is 48.2 Å². The van der Waals surface area contributed by atoms with E-state index in [0.717, 1.165) is 22.8 Å². The summed E-state index contributed by atoms with van der Waals surface area (Å²) in [6, 6.07) is 11.4. The van der Waals surface area contributed by atoms with Crippen molar-refractivity contribution in [3.63, 3.8) is 0 Å². The molecule has 3 aromatic rings. The van der Waals surface area contributed by atoms with Crippen LogP contribution in [0.2, 0.25) is 0 Å². The van der Waals surface area contributed by atoms with Crippen LogP contribution in [0.1, 0.15) is 11.1 Å². The van der Waals surface area contributed by atoms with Gasteiger partial charge in [-0.05, 0) is 48.4 Å². The van der Waals surface area contributed by atoms with E-state index < -0.39 is 0 Å². The van der Waals surface area contributed by atoms with E-state index in [1.54, 1.807) is 32.6 Å². The van der Waals surface area contributed by atoms with Gasteiger partial charge in [-0.2, -0.15) is 0 Å². The Bertz CT molecular complexity index is 1170. The quantitative estimate of drug-likeness (QED) is 0.537. The van der Waals surface area contributed by atoms with Crippen LogP contribution in [-0.2, 0) is 4.79 Å². The lowest BCUT2D eigenvalue weighted by atomic mass is 10.2. The highest BCUT2D eigenvalue weighted by Gasteiger charge is 2.21. The van der Waals surface area contributed by atoms with Gasteiger partial charge in [-0.3, -0.25) is 4.79 Å². The van der Waals surface area contributed by atoms with Crippen LogP contribution < -0.4 is 19.7 Å². The number of amides is 1. The minimum Gasteiger partial charge on any atom is -0.493 e. The third-order valence-electron chi connectivity index (χ3n) is 5.57. The zero-order chi connectivity index (χ0) is 23.9. The normalized spacial score (nSPS) is 13.7. The number of anilines is 3. The van der Waals surface area contributed by atoms with Crippen molar-refractivity contribution in [1.29, 1.82) is 0 Å². The number of pyridine rings is 1. The number of methoxy groups -OCH3 is 2. The summed E-state index contributed by atoms with van der Waals surface area (Å²) in [5.74, 6) is 3.49. The number of carbonyl (C=O) groups is 1. The lowest BCUT2D eigenvalue weighted by Crippen LogP contribution is -2.48. The second kappa shape index (κ2) is 10.7. The first-order valence-electron chi connectivity index (χ1n) is 11.0. The maximum atomic E-state index is 12.7. The van der Waals surface area contributed by atoms with Gasteiger partial charge in [-0.1, -0.05) is 6.07 Å². The Morgan fingerprint density at radius 2 is 1.71 bits per heavy atom. The molecule has 2 aromatic heterocycles. The van der Waals surface area contributed by atoms with Crippen molar-refractivity contribution in [2.45, 2.75) is 6.92 Å². The van der Waals surface area contributed by atoms with E-state index in [9.17, 15) is 4.79 Å². The molecule has 176 valence electrons. The van der Waals surface area contributed by atoms with Crippen molar-refractivity contribution in [3.8, 4) is 11.5 Å². The number of aryl methyl sites for hydroxylation is 1. The zero-order valence-corrected chi connectivity index (χ0v) is 19.6. The molecule has 1 aromatic carbocycles. The van der Waals surface area contributed by atoms with Gasteiger partial charge < -0.3 is 24.6 Å². The number of piperazine rings is 1. The Hall–Kier alpha value is -4.14. The molecule has 0 aliphatic carbocycles. The molecule has 9 heteroatoms. The van der Waals surface area contributed by atoms with Gasteiger partial charge in [0, 0.05) is 44.5 Å². The fraction of sp³-hybridized carbons (Fsp3) is 0.280. The van der Waals surface area contributed by atoms with Gasteiger partial charge >= 0.3 is 0 Å². The zero-order valence-electron chi connectivity index (χ0n) is 19.6. The Balaban J connectivity index is 1.34. The molecular weight excluding hydrogens is 432 g/mol. The van der Waals surface area contributed by atoms with Crippen LogP contribution in [0, 0.1) is 6.92 Å². The van der Waals surface area contributed by atoms with Crippen LogP contribution in [0.25, 0.3) is 6.08 Å². The van der Waals surface area contributed by atoms with Crippen molar-refractivity contribution in [2.24, 2.45) is 0 Å². The Morgan fingerprint density at radius 3 is 2.44 bits per heavy atom. The fourth-order valence-electron chi connectivity index (χ4n) is 3.71. The first kappa shape index (κ1) is 23.0. The molecule has 0 saturated carbocycles. The van der Waals surface area contributed by atoms with Gasteiger partial charge in [-0.15, -0.1) is 0 Å². The van der Waals surface area contributed by atoms with Gasteiger partial charge in [-0.25, -0.2) is 15.0 Å². The highest BCUT2D eigenvalue weighted by atomic mass is 16.5. The fourth-order valence-corrected chi connectivity index (χ4v) is 3.71. The predicted octanol–water partition coefficient (Wildman–Crippen LogP) is 3.30. The van der Waals surface area contributed by atoms with Gasteiger partial charge in [0.1, 0.15) is 23.8 Å². The molecule has 0 bridgehead atoms. The number of hydrogen-bond acceptors (Lipinski definition) is 8. The summed E-state index contributed by atoms with van der Waals surface area (Å²) in [6.07, 6.45) is 6.68. The van der Waals surface area contributed by atoms with Crippen molar-refractivity contribution in [1.82, 2.24) is 19.9 Å². The first-order valence-corrected chi connectivity index (χ1v) is 11.0. The first-order chi connectivity index (χ1) is 16.6. The monoisotopic (exact) mass is 460 g/mol. The lowest BCUT2D eigenvalue weighted by Gasteiger charge is -2.35. The highest BCUT2D eigenvalue weighted by Crippen LogP contribution is 2.28. The second-order valence-electron chi connectivity index (χ2n) is 7.86. The summed E-state index contributed by atoms with van der Waals surface area (Å²) >= 11 is 0. The maximum Gasteiger partial charge on any atom is 0.246 e. The number of aromatic nitrogens is 3. The van der Waals surface area contributed by atoms with Gasteiger partial charge in [0.2, 0.25) is 5.91 Å². The number of carbonyl (C=O) groups excluding carboxylic acids is 1. The third-order valence-corrected chi connectivity index (χ3v) is 5.57. The molecule has 1 amide bonds. The second-order valence-corrected chi connectivity index (χ2v) is 7.86. The van der Waals surface area contributed by atoms with E-state index in [4.69, 9.17) is 9.47 Å². The molecule has 9 nitrogen and oxygen atoms in total. The molecule has 4 rings (SSSR count). The SMILES string of the molecule is COc1ccc(/C=C/C(=O)N2CCN(c3cc(Nc4cc(C)ccn4)ncn3)CC2)cc1OC. The van der Waals surface area contributed by atoms with E-state index in [-0.39, 0.29) is 5.91 Å². The number of nitrogens with zero attached hydrogens (tertiary/aromatic N) is 5. The van der Waals surface area contributed by atoms with Crippen LogP contribution in [0.3, 0.4) is 0 Å². The number of benzene rings is 1. The molecule has 0 radical (unpaired) electrons. The molecule has 3 heterocycles. The van der Waals surface area contributed by atoms with Gasteiger partial charge in [0.05, 0.1) is 14.2 Å². The smallest absolute Gasteiger partial charge is 0.246 e. The van der Waals surface area contributed by atoms with Gasteiger partial charge in [0.15, 0.2) is 11.5 Å². The van der Waals surface area contributed by atoms with Crippen LogP contribution in [-0.4, -0.2) is 66.2 Å². The van der Waals surface area contributed by atoms with Crippen molar-refractivity contribution >= 4 is 29.4 Å². The Labute approximate surface area is 199 Å². The predicted molar refractivity (Wildman–Crippen MR) is 132 cm³/mol. The van der Waals surface area contributed by atoms with Crippen LogP contribution in [0.15, 0.2) is 55.0 Å². The third kappa shape index (κ3) is 5.61. The van der Waals surface area contributed by atoms with Crippen molar-refractivity contribution in [3.05, 3.63) is 66.1 Å². The summed E-state index contributed by atoms with van der Waals surface area (Å²) in [4.78, 5) is 29.7. The van der Waals surface area contributed by atoms with Crippen LogP contribution in [0.5, 0.6) is 11.5 Å². The minimum absolute atomic E-state index is 0.0231. The number of nitrogens with one attached hydrogen (secondary N) is 1. The highest BCUT2D eigenvalue weighted by molar-refractivity contribution is 5.92. The van der Waals surface area contributed by atoms with E-state index in [2.05, 4.69) is 25.2 Å². The van der Waals surface area contributed by atoms with Crippen LogP contribution in [0.4, 0.5) is 17.5 Å². The molecule has 0 spiro atoms. The molecule has 1 N–H and O–H groups in total. The molecule has 0 atom stereocenters. The molecular formula is C25H28N6O3. The van der Waals surface area contributed by atoms with Gasteiger partial charge in [0.25, 0.3) is 0 Å². The Morgan fingerprint density at radius 1 is 0.941 bits per heavy atom. The molecule has 0 unspecified atom stereocenters. The number of rotatable bonds is 7. The number of ether oxygens (including phenoxy) is 2. The lowest BCUT2D eigenvalue weighted by molar-refractivity contribution is -0.126. The summed E-state index contributed by atoms with van der Waals surface area (Å²) in [6.45, 7) is 4.62. The molecule has 1 aliphatic rings. The topological polar surface area (TPSA) is 92.7 Å². The Kier molecular flexibility index (Phi) is 7.22. The maximum absolute atomic E-state index is 12.7.